The van der Waals surface area contributed by atoms with E-state index in [1.807, 2.05) is 24.3 Å². The summed E-state index contributed by atoms with van der Waals surface area (Å²) in [5, 5.41) is 11.2. The summed E-state index contributed by atoms with van der Waals surface area (Å²) < 4.78 is 5.89. The third-order valence-electron chi connectivity index (χ3n) is 4.18. The number of rotatable bonds is 3. The molecule has 0 N–H and O–H groups in total. The molecule has 4 heteroatoms. The van der Waals surface area contributed by atoms with Crippen molar-refractivity contribution < 1.29 is 14.3 Å². The molecule has 1 aromatic heterocycles. The lowest BCUT2D eigenvalue weighted by Crippen LogP contribution is -2.26. The van der Waals surface area contributed by atoms with Crippen molar-refractivity contribution in [2.45, 2.75) is 38.0 Å². The van der Waals surface area contributed by atoms with E-state index in [1.54, 1.807) is 6.07 Å². The summed E-state index contributed by atoms with van der Waals surface area (Å²) in [7, 11) is 0. The van der Waals surface area contributed by atoms with Gasteiger partial charge in [0.1, 0.15) is 11.3 Å². The standard InChI is InChI=1S/C18H19NO3/c20-18(16-7-4-12-19(21)13-16)22-17-10-8-15(9-11-17)14-5-2-1-3-6-14/h4,7-14H,1-3,5-6H2. The number of carbonyl (C=O) groups excluding carboxylic acids is 1. The van der Waals surface area contributed by atoms with Crippen molar-refractivity contribution in [3.8, 4) is 5.75 Å². The molecule has 2 aromatic rings. The predicted octanol–water partition coefficient (Wildman–Crippen LogP) is 3.59. The van der Waals surface area contributed by atoms with E-state index in [9.17, 15) is 10.0 Å². The number of carbonyl (C=O) groups is 1. The molecule has 0 atom stereocenters. The molecule has 3 rings (SSSR count). The number of pyridine rings is 1. The van der Waals surface area contributed by atoms with E-state index < -0.39 is 5.97 Å². The van der Waals surface area contributed by atoms with Gasteiger partial charge in [-0.2, -0.15) is 4.73 Å². The topological polar surface area (TPSA) is 53.2 Å². The van der Waals surface area contributed by atoms with E-state index in [4.69, 9.17) is 4.74 Å². The first-order valence-corrected chi connectivity index (χ1v) is 7.73. The van der Waals surface area contributed by atoms with Crippen molar-refractivity contribution in [2.24, 2.45) is 0 Å². The molecule has 1 heterocycles. The van der Waals surface area contributed by atoms with Crippen LogP contribution in [-0.2, 0) is 0 Å². The minimum absolute atomic E-state index is 0.244. The highest BCUT2D eigenvalue weighted by atomic mass is 16.5. The lowest BCUT2D eigenvalue weighted by Gasteiger charge is -2.21. The number of nitrogens with zero attached hydrogens (tertiary/aromatic N) is 1. The second kappa shape index (κ2) is 6.60. The van der Waals surface area contributed by atoms with Crippen LogP contribution in [0.15, 0.2) is 48.8 Å². The van der Waals surface area contributed by atoms with Gasteiger partial charge in [0.2, 0.25) is 0 Å². The van der Waals surface area contributed by atoms with Gasteiger partial charge in [-0.3, -0.25) is 0 Å². The summed E-state index contributed by atoms with van der Waals surface area (Å²) in [4.78, 5) is 12.0. The molecular weight excluding hydrogens is 278 g/mol. The fraction of sp³-hybridized carbons (Fsp3) is 0.333. The summed E-state index contributed by atoms with van der Waals surface area (Å²) in [6.45, 7) is 0. The zero-order valence-electron chi connectivity index (χ0n) is 12.4. The van der Waals surface area contributed by atoms with Crippen LogP contribution in [0.25, 0.3) is 0 Å². The first-order valence-electron chi connectivity index (χ1n) is 7.73. The largest absolute Gasteiger partial charge is 0.619 e. The molecule has 4 nitrogen and oxygen atoms in total. The van der Waals surface area contributed by atoms with Crippen LogP contribution in [0, 0.1) is 5.21 Å². The van der Waals surface area contributed by atoms with Crippen molar-refractivity contribution in [3.05, 3.63) is 65.1 Å². The van der Waals surface area contributed by atoms with E-state index in [-0.39, 0.29) is 5.56 Å². The molecule has 0 aliphatic heterocycles. The average Bonchev–Trinajstić information content (AvgIpc) is 2.56. The van der Waals surface area contributed by atoms with Crippen LogP contribution in [0.3, 0.4) is 0 Å². The van der Waals surface area contributed by atoms with Gasteiger partial charge in [-0.1, -0.05) is 31.4 Å². The molecule has 0 radical (unpaired) electrons. The van der Waals surface area contributed by atoms with E-state index in [2.05, 4.69) is 0 Å². The van der Waals surface area contributed by atoms with Crippen molar-refractivity contribution in [1.29, 1.82) is 0 Å². The van der Waals surface area contributed by atoms with Crippen LogP contribution in [-0.4, -0.2) is 5.97 Å². The van der Waals surface area contributed by atoms with E-state index in [1.165, 1.54) is 56.1 Å². The molecule has 0 bridgehead atoms. The first kappa shape index (κ1) is 14.6. The van der Waals surface area contributed by atoms with Crippen LogP contribution < -0.4 is 9.47 Å². The molecule has 114 valence electrons. The second-order valence-electron chi connectivity index (χ2n) is 5.75. The third kappa shape index (κ3) is 3.45. The molecule has 1 fully saturated rings. The summed E-state index contributed by atoms with van der Waals surface area (Å²) in [5.41, 5.74) is 1.56. The number of ether oxygens (including phenoxy) is 1. The Morgan fingerprint density at radius 2 is 1.82 bits per heavy atom. The van der Waals surface area contributed by atoms with Crippen molar-refractivity contribution in [1.82, 2.24) is 0 Å². The Morgan fingerprint density at radius 1 is 1.09 bits per heavy atom. The van der Waals surface area contributed by atoms with Crippen LogP contribution in [0.5, 0.6) is 5.75 Å². The highest BCUT2D eigenvalue weighted by Crippen LogP contribution is 2.33. The van der Waals surface area contributed by atoms with Gasteiger partial charge in [0.25, 0.3) is 0 Å². The Kier molecular flexibility index (Phi) is 4.37. The Morgan fingerprint density at radius 3 is 2.50 bits per heavy atom. The molecular formula is C18H19NO3. The SMILES string of the molecule is O=C(Oc1ccc(C2CCCCC2)cc1)c1ccc[n+]([O-])c1. The van der Waals surface area contributed by atoms with Crippen molar-refractivity contribution in [3.63, 3.8) is 0 Å². The highest BCUT2D eigenvalue weighted by molar-refractivity contribution is 5.90. The summed E-state index contributed by atoms with van der Waals surface area (Å²) in [6, 6.07) is 10.8. The molecule has 1 aliphatic carbocycles. The number of hydrogen-bond acceptors (Lipinski definition) is 3. The van der Waals surface area contributed by atoms with Gasteiger partial charge in [0.15, 0.2) is 12.4 Å². The Balaban J connectivity index is 1.66. The number of aromatic nitrogens is 1. The predicted molar refractivity (Wildman–Crippen MR) is 82.6 cm³/mol. The maximum atomic E-state index is 12.0. The number of hydrogen-bond donors (Lipinski definition) is 0. The molecule has 0 spiro atoms. The molecule has 22 heavy (non-hydrogen) atoms. The Hall–Kier alpha value is -2.36. The average molecular weight is 297 g/mol. The zero-order chi connectivity index (χ0) is 15.4. The highest BCUT2D eigenvalue weighted by Gasteiger charge is 2.16. The summed E-state index contributed by atoms with van der Waals surface area (Å²) in [5.74, 6) is 0.619. The fourth-order valence-corrected chi connectivity index (χ4v) is 2.99. The summed E-state index contributed by atoms with van der Waals surface area (Å²) in [6.07, 6.45) is 8.95. The normalized spacial score (nSPS) is 15.5. The van der Waals surface area contributed by atoms with Crippen LogP contribution in [0.2, 0.25) is 0 Å². The van der Waals surface area contributed by atoms with Crippen molar-refractivity contribution in [2.75, 3.05) is 0 Å². The van der Waals surface area contributed by atoms with Crippen LogP contribution >= 0.6 is 0 Å². The van der Waals surface area contributed by atoms with Gasteiger partial charge in [0.05, 0.1) is 0 Å². The summed E-state index contributed by atoms with van der Waals surface area (Å²) >= 11 is 0. The monoisotopic (exact) mass is 297 g/mol. The Labute approximate surface area is 129 Å². The Bertz CT molecular complexity index is 646. The van der Waals surface area contributed by atoms with E-state index in [0.29, 0.717) is 16.4 Å². The van der Waals surface area contributed by atoms with Crippen LogP contribution in [0.1, 0.15) is 53.9 Å². The molecule has 1 aromatic carbocycles. The van der Waals surface area contributed by atoms with Crippen LogP contribution in [0.4, 0.5) is 0 Å². The fourth-order valence-electron chi connectivity index (χ4n) is 2.99. The lowest BCUT2D eigenvalue weighted by atomic mass is 9.84. The minimum Gasteiger partial charge on any atom is -0.619 e. The molecule has 0 saturated heterocycles. The zero-order valence-corrected chi connectivity index (χ0v) is 12.4. The van der Waals surface area contributed by atoms with Gasteiger partial charge in [-0.25, -0.2) is 4.79 Å². The van der Waals surface area contributed by atoms with Gasteiger partial charge in [-0.05, 0) is 42.5 Å². The first-order chi connectivity index (χ1) is 10.7. The maximum absolute atomic E-state index is 12.0. The lowest BCUT2D eigenvalue weighted by molar-refractivity contribution is -0.605. The smallest absolute Gasteiger partial charge is 0.349 e. The molecule has 1 saturated carbocycles. The van der Waals surface area contributed by atoms with Crippen molar-refractivity contribution >= 4 is 5.97 Å². The van der Waals surface area contributed by atoms with E-state index >= 15 is 0 Å². The maximum Gasteiger partial charge on any atom is 0.349 e. The quantitative estimate of drug-likeness (QED) is 0.376. The number of esters is 1. The molecule has 0 unspecified atom stereocenters. The van der Waals surface area contributed by atoms with Gasteiger partial charge in [0, 0.05) is 6.07 Å². The molecule has 0 amide bonds. The number of benzene rings is 1. The van der Waals surface area contributed by atoms with E-state index in [0.717, 1.165) is 0 Å². The third-order valence-corrected chi connectivity index (χ3v) is 4.18. The van der Waals surface area contributed by atoms with Gasteiger partial charge >= 0.3 is 5.97 Å². The minimum atomic E-state index is -0.518. The van der Waals surface area contributed by atoms with Gasteiger partial charge < -0.3 is 9.94 Å². The van der Waals surface area contributed by atoms with Gasteiger partial charge in [-0.15, -0.1) is 0 Å². The second-order valence-corrected chi connectivity index (χ2v) is 5.75. The molecule has 1 aliphatic rings.